The molecule has 0 saturated carbocycles. The average Bonchev–Trinajstić information content (AvgIpc) is 2.50. The highest BCUT2D eigenvalue weighted by molar-refractivity contribution is 9.09. The fourth-order valence-electron chi connectivity index (χ4n) is 2.54. The summed E-state index contributed by atoms with van der Waals surface area (Å²) in [7, 11) is 0. The summed E-state index contributed by atoms with van der Waals surface area (Å²) in [6.45, 7) is 0. The van der Waals surface area contributed by atoms with Crippen LogP contribution in [0.1, 0.15) is 16.0 Å². The van der Waals surface area contributed by atoms with Gasteiger partial charge in [0.2, 0.25) is 0 Å². The topological polar surface area (TPSA) is 0 Å². The van der Waals surface area contributed by atoms with Gasteiger partial charge in [0.25, 0.3) is 0 Å². The molecule has 0 radical (unpaired) electrons. The van der Waals surface area contributed by atoms with Crippen LogP contribution < -0.4 is 0 Å². The Hall–Kier alpha value is -1.74. The summed E-state index contributed by atoms with van der Waals surface area (Å²) >= 11 is 3.58. The lowest BCUT2D eigenvalue weighted by Gasteiger charge is -2.14. The van der Waals surface area contributed by atoms with Gasteiger partial charge in [0.15, 0.2) is 0 Å². The second-order valence-electron chi connectivity index (χ2n) is 4.94. The molecule has 0 aliphatic heterocycles. The molecule has 0 nitrogen and oxygen atoms in total. The highest BCUT2D eigenvalue weighted by Crippen LogP contribution is 2.33. The van der Waals surface area contributed by atoms with Gasteiger partial charge in [-0.15, -0.1) is 0 Å². The third-order valence-corrected chi connectivity index (χ3v) is 4.42. The lowest BCUT2D eigenvalue weighted by molar-refractivity contribution is 0.554. The van der Waals surface area contributed by atoms with Crippen LogP contribution in [0.2, 0.25) is 0 Å². The third-order valence-electron chi connectivity index (χ3n) is 3.61. The smallest absolute Gasteiger partial charge is 0.129 e. The van der Waals surface area contributed by atoms with Crippen molar-refractivity contribution >= 4 is 26.7 Å². The maximum atomic E-state index is 13.8. The summed E-state index contributed by atoms with van der Waals surface area (Å²) in [5.41, 5.74) is 1.16. The Morgan fingerprint density at radius 2 is 1.43 bits per heavy atom. The molecule has 0 aromatic heterocycles. The van der Waals surface area contributed by atoms with Crippen LogP contribution in [0, 0.1) is 11.6 Å². The lowest BCUT2D eigenvalue weighted by Crippen LogP contribution is -2.01. The first kappa shape index (κ1) is 14.2. The molecule has 3 rings (SSSR count). The van der Waals surface area contributed by atoms with E-state index in [1.54, 1.807) is 0 Å². The van der Waals surface area contributed by atoms with Crippen molar-refractivity contribution in [1.82, 2.24) is 0 Å². The predicted octanol–water partition coefficient (Wildman–Crippen LogP) is 5.80. The number of benzene rings is 3. The lowest BCUT2D eigenvalue weighted by atomic mass is 9.98. The van der Waals surface area contributed by atoms with E-state index in [0.717, 1.165) is 16.3 Å². The SMILES string of the molecule is Fc1cccc(F)c1CC(Br)c1cccc2ccccc12. The predicted molar refractivity (Wildman–Crippen MR) is 85.7 cm³/mol. The van der Waals surface area contributed by atoms with E-state index in [0.29, 0.717) is 0 Å². The van der Waals surface area contributed by atoms with Crippen molar-refractivity contribution in [3.8, 4) is 0 Å². The minimum Gasteiger partial charge on any atom is -0.207 e. The Kier molecular flexibility index (Phi) is 4.02. The molecular weight excluding hydrogens is 334 g/mol. The normalized spacial score (nSPS) is 12.5. The molecule has 0 spiro atoms. The zero-order valence-corrected chi connectivity index (χ0v) is 12.8. The highest BCUT2D eigenvalue weighted by atomic mass is 79.9. The number of halogens is 3. The van der Waals surface area contributed by atoms with Crippen LogP contribution in [0.4, 0.5) is 8.78 Å². The van der Waals surface area contributed by atoms with E-state index < -0.39 is 11.6 Å². The molecule has 3 aromatic carbocycles. The molecule has 0 amide bonds. The van der Waals surface area contributed by atoms with E-state index in [-0.39, 0.29) is 16.8 Å². The van der Waals surface area contributed by atoms with Crippen molar-refractivity contribution in [2.75, 3.05) is 0 Å². The molecule has 0 N–H and O–H groups in total. The first-order valence-electron chi connectivity index (χ1n) is 6.71. The maximum Gasteiger partial charge on any atom is 0.129 e. The van der Waals surface area contributed by atoms with Gasteiger partial charge in [-0.1, -0.05) is 64.5 Å². The standard InChI is InChI=1S/C18H13BrF2/c19-16(11-15-17(20)9-4-10-18(15)21)14-8-3-6-12-5-1-2-7-13(12)14/h1-10,16H,11H2. The van der Waals surface area contributed by atoms with E-state index in [1.165, 1.54) is 18.2 Å². The van der Waals surface area contributed by atoms with Crippen LogP contribution in [0.3, 0.4) is 0 Å². The third kappa shape index (κ3) is 2.84. The molecule has 21 heavy (non-hydrogen) atoms. The summed E-state index contributed by atoms with van der Waals surface area (Å²) in [6, 6.07) is 17.9. The zero-order chi connectivity index (χ0) is 14.8. The molecular formula is C18H13BrF2. The Balaban J connectivity index is 2.00. The first-order valence-corrected chi connectivity index (χ1v) is 7.63. The fourth-order valence-corrected chi connectivity index (χ4v) is 3.26. The molecule has 0 bridgehead atoms. The first-order chi connectivity index (χ1) is 10.2. The second-order valence-corrected chi connectivity index (χ2v) is 6.05. The fraction of sp³-hybridized carbons (Fsp3) is 0.111. The van der Waals surface area contributed by atoms with Crippen molar-refractivity contribution in [3.05, 3.63) is 83.4 Å². The van der Waals surface area contributed by atoms with E-state index in [4.69, 9.17) is 0 Å². The van der Waals surface area contributed by atoms with E-state index in [1.807, 2.05) is 42.5 Å². The molecule has 1 unspecified atom stereocenters. The van der Waals surface area contributed by atoms with Crippen LogP contribution in [0.25, 0.3) is 10.8 Å². The Bertz CT molecular complexity index is 758. The summed E-state index contributed by atoms with van der Waals surface area (Å²) < 4.78 is 27.6. The number of rotatable bonds is 3. The summed E-state index contributed by atoms with van der Waals surface area (Å²) in [5.74, 6) is -1.00. The van der Waals surface area contributed by atoms with Gasteiger partial charge in [0.05, 0.1) is 0 Å². The molecule has 106 valence electrons. The van der Waals surface area contributed by atoms with Crippen molar-refractivity contribution < 1.29 is 8.78 Å². The van der Waals surface area contributed by atoms with E-state index in [9.17, 15) is 8.78 Å². The van der Waals surface area contributed by atoms with Crippen LogP contribution in [0.15, 0.2) is 60.7 Å². The molecule has 0 aliphatic rings. The van der Waals surface area contributed by atoms with Gasteiger partial charge in [0, 0.05) is 10.4 Å². The van der Waals surface area contributed by atoms with Crippen LogP contribution >= 0.6 is 15.9 Å². The van der Waals surface area contributed by atoms with E-state index >= 15 is 0 Å². The van der Waals surface area contributed by atoms with Crippen LogP contribution in [-0.4, -0.2) is 0 Å². The monoisotopic (exact) mass is 346 g/mol. The van der Waals surface area contributed by atoms with Gasteiger partial charge >= 0.3 is 0 Å². The molecule has 3 aromatic rings. The van der Waals surface area contributed by atoms with E-state index in [2.05, 4.69) is 15.9 Å². The summed E-state index contributed by atoms with van der Waals surface area (Å²) in [4.78, 5) is -0.144. The Morgan fingerprint density at radius 3 is 2.19 bits per heavy atom. The Labute approximate surface area is 130 Å². The van der Waals surface area contributed by atoms with Crippen molar-refractivity contribution in [3.63, 3.8) is 0 Å². The molecule has 3 heteroatoms. The highest BCUT2D eigenvalue weighted by Gasteiger charge is 2.16. The van der Waals surface area contributed by atoms with Crippen molar-refractivity contribution in [1.29, 1.82) is 0 Å². The largest absolute Gasteiger partial charge is 0.207 e. The summed E-state index contributed by atoms with van der Waals surface area (Å²) in [5, 5.41) is 2.21. The maximum absolute atomic E-state index is 13.8. The van der Waals surface area contributed by atoms with Gasteiger partial charge in [-0.3, -0.25) is 0 Å². The van der Waals surface area contributed by atoms with Gasteiger partial charge in [-0.25, -0.2) is 8.78 Å². The number of hydrogen-bond donors (Lipinski definition) is 0. The summed E-state index contributed by atoms with van der Waals surface area (Å²) in [6.07, 6.45) is 0.270. The molecule has 0 saturated heterocycles. The molecule has 1 atom stereocenters. The van der Waals surface area contributed by atoms with Gasteiger partial charge in [-0.2, -0.15) is 0 Å². The van der Waals surface area contributed by atoms with Gasteiger partial charge in [0.1, 0.15) is 11.6 Å². The van der Waals surface area contributed by atoms with Gasteiger partial charge in [-0.05, 0) is 34.9 Å². The zero-order valence-electron chi connectivity index (χ0n) is 11.2. The average molecular weight is 347 g/mol. The molecule has 0 fully saturated rings. The van der Waals surface area contributed by atoms with Crippen LogP contribution in [-0.2, 0) is 6.42 Å². The number of alkyl halides is 1. The Morgan fingerprint density at radius 1 is 0.810 bits per heavy atom. The molecule has 0 aliphatic carbocycles. The number of fused-ring (bicyclic) bond motifs is 1. The molecule has 0 heterocycles. The number of hydrogen-bond acceptors (Lipinski definition) is 0. The second kappa shape index (κ2) is 5.94. The minimum absolute atomic E-state index is 0.118. The minimum atomic E-state index is -0.500. The van der Waals surface area contributed by atoms with Crippen molar-refractivity contribution in [2.45, 2.75) is 11.2 Å². The quantitative estimate of drug-likeness (QED) is 0.526. The van der Waals surface area contributed by atoms with Gasteiger partial charge < -0.3 is 0 Å². The van der Waals surface area contributed by atoms with Crippen LogP contribution in [0.5, 0.6) is 0 Å². The van der Waals surface area contributed by atoms with Crippen molar-refractivity contribution in [2.24, 2.45) is 0 Å².